The fourth-order valence-corrected chi connectivity index (χ4v) is 4.74. The molecule has 1 aliphatic rings. The molecule has 7 heteroatoms. The minimum Gasteiger partial charge on any atom is -0.367 e. The number of hydrogen-bond acceptors (Lipinski definition) is 5. The van der Waals surface area contributed by atoms with Crippen LogP contribution in [-0.2, 0) is 4.79 Å². The van der Waals surface area contributed by atoms with Gasteiger partial charge in [-0.3, -0.25) is 4.79 Å². The average molecular weight is 415 g/mol. The summed E-state index contributed by atoms with van der Waals surface area (Å²) in [4.78, 5) is 18.7. The first-order chi connectivity index (χ1) is 13.5. The van der Waals surface area contributed by atoms with E-state index in [0.717, 1.165) is 41.4 Å². The van der Waals surface area contributed by atoms with Gasteiger partial charge in [-0.2, -0.15) is 0 Å². The van der Waals surface area contributed by atoms with Gasteiger partial charge in [0.25, 0.3) is 0 Å². The van der Waals surface area contributed by atoms with E-state index in [2.05, 4.69) is 46.7 Å². The van der Waals surface area contributed by atoms with E-state index in [9.17, 15) is 4.79 Å². The summed E-state index contributed by atoms with van der Waals surface area (Å²) >= 11 is 7.60. The van der Waals surface area contributed by atoms with Crippen LogP contribution in [0.4, 0.5) is 10.8 Å². The molecule has 0 saturated carbocycles. The van der Waals surface area contributed by atoms with Crippen molar-refractivity contribution in [2.45, 2.75) is 19.8 Å². The highest BCUT2D eigenvalue weighted by molar-refractivity contribution is 7.22. The first-order valence-corrected chi connectivity index (χ1v) is 10.6. The van der Waals surface area contributed by atoms with Crippen LogP contribution in [0.15, 0.2) is 36.4 Å². The number of halogens is 1. The van der Waals surface area contributed by atoms with Crippen molar-refractivity contribution in [1.82, 2.24) is 10.3 Å². The Morgan fingerprint density at radius 1 is 1.21 bits per heavy atom. The van der Waals surface area contributed by atoms with Crippen LogP contribution in [0.5, 0.6) is 0 Å². The molecule has 1 unspecified atom stereocenters. The van der Waals surface area contributed by atoms with E-state index in [1.807, 2.05) is 12.1 Å². The van der Waals surface area contributed by atoms with Crippen molar-refractivity contribution in [2.75, 3.05) is 36.4 Å². The maximum Gasteiger partial charge on any atom is 0.223 e. The zero-order valence-electron chi connectivity index (χ0n) is 16.0. The Morgan fingerprint density at radius 2 is 1.93 bits per heavy atom. The molecule has 3 aromatic rings. The summed E-state index contributed by atoms with van der Waals surface area (Å²) in [5.41, 5.74) is 4.61. The highest BCUT2D eigenvalue weighted by Gasteiger charge is 2.23. The zero-order valence-corrected chi connectivity index (χ0v) is 17.5. The molecule has 1 aromatic heterocycles. The Hall–Kier alpha value is -2.15. The standard InChI is InChI=1S/C21H23ClN4OS/c1-13(15-3-5-16(22)6-4-15)17-7-8-18-19(25-21(28-18)24-14(2)27)20(17)26-11-9-23-10-12-26/h3-8,13,23H,9-12H2,1-2H3,(H,24,25,27). The summed E-state index contributed by atoms with van der Waals surface area (Å²) < 4.78 is 1.09. The molecule has 1 aliphatic heterocycles. The number of piperazine rings is 1. The van der Waals surface area contributed by atoms with Crippen LogP contribution in [0, 0.1) is 0 Å². The fraction of sp³-hybridized carbons (Fsp3) is 0.333. The maximum absolute atomic E-state index is 11.5. The number of benzene rings is 2. The number of aromatic nitrogens is 1. The molecule has 0 bridgehead atoms. The number of fused-ring (bicyclic) bond motifs is 1. The van der Waals surface area contributed by atoms with Crippen molar-refractivity contribution in [2.24, 2.45) is 0 Å². The summed E-state index contributed by atoms with van der Waals surface area (Å²) in [5, 5.41) is 7.65. The molecule has 2 aromatic carbocycles. The molecule has 1 saturated heterocycles. The van der Waals surface area contributed by atoms with Crippen molar-refractivity contribution >= 4 is 49.9 Å². The van der Waals surface area contributed by atoms with Gasteiger partial charge in [0.2, 0.25) is 5.91 Å². The van der Waals surface area contributed by atoms with E-state index in [-0.39, 0.29) is 11.8 Å². The number of nitrogens with zero attached hydrogens (tertiary/aromatic N) is 2. The Morgan fingerprint density at radius 3 is 2.61 bits per heavy atom. The zero-order chi connectivity index (χ0) is 19.7. The summed E-state index contributed by atoms with van der Waals surface area (Å²) in [6, 6.07) is 12.4. The van der Waals surface area contributed by atoms with Crippen LogP contribution in [0.2, 0.25) is 5.02 Å². The lowest BCUT2D eigenvalue weighted by Gasteiger charge is -2.32. The Labute approximate surface area is 173 Å². The lowest BCUT2D eigenvalue weighted by molar-refractivity contribution is -0.114. The quantitative estimate of drug-likeness (QED) is 0.661. The number of carbonyl (C=O) groups is 1. The number of rotatable bonds is 4. The van der Waals surface area contributed by atoms with Crippen molar-refractivity contribution in [3.63, 3.8) is 0 Å². The number of carbonyl (C=O) groups excluding carboxylic acids is 1. The smallest absolute Gasteiger partial charge is 0.223 e. The lowest BCUT2D eigenvalue weighted by Crippen LogP contribution is -2.44. The minimum atomic E-state index is -0.0995. The van der Waals surface area contributed by atoms with Gasteiger partial charge in [-0.25, -0.2) is 4.98 Å². The number of nitrogens with one attached hydrogen (secondary N) is 2. The number of hydrogen-bond donors (Lipinski definition) is 2. The average Bonchev–Trinajstić information content (AvgIpc) is 3.09. The topological polar surface area (TPSA) is 57.3 Å². The molecule has 4 rings (SSSR count). The Kier molecular flexibility index (Phi) is 5.53. The highest BCUT2D eigenvalue weighted by Crippen LogP contribution is 2.40. The summed E-state index contributed by atoms with van der Waals surface area (Å²) in [6.45, 7) is 7.51. The molecule has 1 atom stereocenters. The van der Waals surface area contributed by atoms with E-state index in [1.54, 1.807) is 0 Å². The SMILES string of the molecule is CC(=O)Nc1nc2c(N3CCNCC3)c(C(C)c3ccc(Cl)cc3)ccc2s1. The Balaban J connectivity index is 1.84. The van der Waals surface area contributed by atoms with E-state index < -0.39 is 0 Å². The first-order valence-electron chi connectivity index (χ1n) is 9.45. The normalized spacial score (nSPS) is 15.6. The molecule has 2 heterocycles. The van der Waals surface area contributed by atoms with Gasteiger partial charge < -0.3 is 15.5 Å². The third kappa shape index (κ3) is 3.85. The van der Waals surface area contributed by atoms with E-state index in [1.165, 1.54) is 35.1 Å². The van der Waals surface area contributed by atoms with Gasteiger partial charge in [0.1, 0.15) is 5.52 Å². The van der Waals surface area contributed by atoms with Crippen LogP contribution in [0.25, 0.3) is 10.2 Å². The maximum atomic E-state index is 11.5. The molecule has 1 fully saturated rings. The minimum absolute atomic E-state index is 0.0995. The van der Waals surface area contributed by atoms with Crippen LogP contribution in [0.1, 0.15) is 30.9 Å². The molecule has 2 N–H and O–H groups in total. The molecule has 0 spiro atoms. The summed E-state index contributed by atoms with van der Waals surface area (Å²) in [5.74, 6) is 0.106. The lowest BCUT2D eigenvalue weighted by atomic mass is 9.91. The number of amides is 1. The van der Waals surface area contributed by atoms with E-state index in [4.69, 9.17) is 16.6 Å². The fourth-order valence-electron chi connectivity index (χ4n) is 3.70. The molecule has 146 valence electrons. The molecule has 0 radical (unpaired) electrons. The van der Waals surface area contributed by atoms with Crippen molar-refractivity contribution in [3.8, 4) is 0 Å². The molecule has 0 aliphatic carbocycles. The third-order valence-electron chi connectivity index (χ3n) is 5.12. The second kappa shape index (κ2) is 8.07. The van der Waals surface area contributed by atoms with Crippen molar-refractivity contribution < 1.29 is 4.79 Å². The van der Waals surface area contributed by atoms with Gasteiger partial charge in [-0.1, -0.05) is 48.1 Å². The predicted octanol–water partition coefficient (Wildman–Crippen LogP) is 4.47. The van der Waals surface area contributed by atoms with Crippen LogP contribution < -0.4 is 15.5 Å². The van der Waals surface area contributed by atoms with Gasteiger partial charge >= 0.3 is 0 Å². The van der Waals surface area contributed by atoms with Crippen molar-refractivity contribution in [3.05, 3.63) is 52.5 Å². The summed E-state index contributed by atoms with van der Waals surface area (Å²) in [6.07, 6.45) is 0. The molecule has 1 amide bonds. The first kappa shape index (κ1) is 19.2. The monoisotopic (exact) mass is 414 g/mol. The number of thiazole rings is 1. The van der Waals surface area contributed by atoms with Gasteiger partial charge in [0.15, 0.2) is 5.13 Å². The molecule has 5 nitrogen and oxygen atoms in total. The highest BCUT2D eigenvalue weighted by atomic mass is 35.5. The van der Waals surface area contributed by atoms with E-state index in [0.29, 0.717) is 5.13 Å². The van der Waals surface area contributed by atoms with E-state index >= 15 is 0 Å². The van der Waals surface area contributed by atoms with Crippen LogP contribution >= 0.6 is 22.9 Å². The Bertz CT molecular complexity index is 996. The largest absolute Gasteiger partial charge is 0.367 e. The summed E-state index contributed by atoms with van der Waals surface area (Å²) in [7, 11) is 0. The van der Waals surface area contributed by atoms with Crippen molar-refractivity contribution in [1.29, 1.82) is 0 Å². The third-order valence-corrected chi connectivity index (χ3v) is 6.31. The molecular formula is C21H23ClN4OS. The van der Waals surface area contributed by atoms with Gasteiger partial charge in [0, 0.05) is 44.0 Å². The van der Waals surface area contributed by atoms with Gasteiger partial charge in [-0.05, 0) is 29.3 Å². The van der Waals surface area contributed by atoms with Crippen LogP contribution in [-0.4, -0.2) is 37.1 Å². The van der Waals surface area contributed by atoms with Gasteiger partial charge in [-0.15, -0.1) is 0 Å². The predicted molar refractivity (Wildman–Crippen MR) is 118 cm³/mol. The second-order valence-electron chi connectivity index (χ2n) is 7.06. The number of anilines is 2. The van der Waals surface area contributed by atoms with Crippen LogP contribution in [0.3, 0.4) is 0 Å². The second-order valence-corrected chi connectivity index (χ2v) is 8.53. The van der Waals surface area contributed by atoms with Gasteiger partial charge in [0.05, 0.1) is 10.4 Å². The molecular weight excluding hydrogens is 392 g/mol. The molecule has 28 heavy (non-hydrogen) atoms.